The third-order valence-electron chi connectivity index (χ3n) is 1.71. The molecule has 0 aliphatic rings. The monoisotopic (exact) mass is 172 g/mol. The first-order valence-electron chi connectivity index (χ1n) is 3.49. The van der Waals surface area contributed by atoms with Crippen LogP contribution in [0.2, 0.25) is 0 Å². The van der Waals surface area contributed by atoms with Crippen LogP contribution in [-0.4, -0.2) is 24.7 Å². The fourth-order valence-electron chi connectivity index (χ4n) is 1.14. The second-order valence-electron chi connectivity index (χ2n) is 2.53. The molecule has 0 aromatic carbocycles. The Morgan fingerprint density at radius 3 is 3.00 bits per heavy atom. The number of nitrogens with one attached hydrogen (secondary N) is 1. The Balaban J connectivity index is 0.000000845. The van der Waals surface area contributed by atoms with Crippen molar-refractivity contribution in [1.29, 1.82) is 0 Å². The molecule has 5 heteroatoms. The largest absolute Gasteiger partial charge is 0.397 e. The molecule has 2 aromatic heterocycles. The molecule has 13 heavy (non-hydrogen) atoms. The molecule has 2 aromatic rings. The molecular weight excluding hydrogens is 165 g/mol. The minimum atomic E-state index is 0. The highest BCUT2D eigenvalue weighted by Gasteiger charge is 2.02. The molecule has 2 heterocycles. The van der Waals surface area contributed by atoms with Gasteiger partial charge in [-0.05, 0) is 6.07 Å². The highest BCUT2D eigenvalue weighted by molar-refractivity contribution is 5.96. The summed E-state index contributed by atoms with van der Waals surface area (Å²) in [6.07, 6.45) is 3.94. The topological polar surface area (TPSA) is 71.8 Å². The Morgan fingerprint density at radius 2 is 2.31 bits per heavy atom. The number of aromatic nitrogens is 2. The highest BCUT2D eigenvalue weighted by atomic mass is 16.1. The Hall–Kier alpha value is -1.78. The highest BCUT2D eigenvalue weighted by Crippen LogP contribution is 2.16. The Labute approximate surface area is 76.7 Å². The van der Waals surface area contributed by atoms with E-state index in [2.05, 4.69) is 9.97 Å². The smallest absolute Gasteiger partial charge is 0.152 e. The van der Waals surface area contributed by atoms with Crippen molar-refractivity contribution in [2.24, 2.45) is 0 Å². The van der Waals surface area contributed by atoms with Gasteiger partial charge in [0, 0.05) is 25.6 Å². The minimum absolute atomic E-state index is 0. The minimum Gasteiger partial charge on any atom is -0.397 e. The van der Waals surface area contributed by atoms with Crippen LogP contribution in [0.3, 0.4) is 0 Å². The molecule has 0 bridgehead atoms. The third-order valence-corrected chi connectivity index (χ3v) is 1.71. The van der Waals surface area contributed by atoms with Crippen LogP contribution < -0.4 is 5.73 Å². The van der Waals surface area contributed by atoms with Gasteiger partial charge in [-0.2, -0.15) is 0 Å². The Morgan fingerprint density at radius 1 is 1.54 bits per heavy atom. The SMILES string of the molecule is Nc1cnc2[nH]cc(C=O)c2c1.[B]. The molecule has 0 unspecified atom stereocenters. The number of nitrogen functional groups attached to an aromatic ring is 1. The third kappa shape index (κ3) is 1.40. The summed E-state index contributed by atoms with van der Waals surface area (Å²) in [4.78, 5) is 17.4. The molecule has 2 rings (SSSR count). The van der Waals surface area contributed by atoms with Gasteiger partial charge in [-0.15, -0.1) is 0 Å². The summed E-state index contributed by atoms with van der Waals surface area (Å²) in [6.45, 7) is 0. The number of fused-ring (bicyclic) bond motifs is 1. The van der Waals surface area contributed by atoms with Crippen LogP contribution in [0.25, 0.3) is 11.0 Å². The van der Waals surface area contributed by atoms with Crippen LogP contribution in [0.5, 0.6) is 0 Å². The lowest BCUT2D eigenvalue weighted by Crippen LogP contribution is -1.86. The van der Waals surface area contributed by atoms with Crippen molar-refractivity contribution < 1.29 is 4.79 Å². The number of aldehydes is 1. The Bertz CT molecular complexity index is 438. The van der Waals surface area contributed by atoms with Gasteiger partial charge < -0.3 is 10.7 Å². The normalized spacial score (nSPS) is 9.54. The number of hydrogen-bond acceptors (Lipinski definition) is 3. The van der Waals surface area contributed by atoms with Crippen LogP contribution >= 0.6 is 0 Å². The molecule has 3 N–H and O–H groups in total. The van der Waals surface area contributed by atoms with Crippen LogP contribution in [0, 0.1) is 0 Å². The van der Waals surface area contributed by atoms with E-state index in [0.717, 1.165) is 11.7 Å². The zero-order chi connectivity index (χ0) is 8.55. The number of nitrogens with zero attached hydrogens (tertiary/aromatic N) is 1. The number of H-pyrrole nitrogens is 1. The van der Waals surface area contributed by atoms with Crippen molar-refractivity contribution >= 4 is 31.4 Å². The lowest BCUT2D eigenvalue weighted by molar-refractivity contribution is 0.112. The predicted octanol–water partition coefficient (Wildman–Crippen LogP) is 0.577. The van der Waals surface area contributed by atoms with E-state index in [9.17, 15) is 4.79 Å². The van der Waals surface area contributed by atoms with E-state index in [-0.39, 0.29) is 8.41 Å². The Kier molecular flexibility index (Phi) is 2.37. The molecule has 0 fully saturated rings. The van der Waals surface area contributed by atoms with E-state index in [1.807, 2.05) is 0 Å². The fourth-order valence-corrected chi connectivity index (χ4v) is 1.14. The lowest BCUT2D eigenvalue weighted by Gasteiger charge is -1.91. The van der Waals surface area contributed by atoms with Gasteiger partial charge in [-0.25, -0.2) is 4.98 Å². The maximum absolute atomic E-state index is 10.5. The summed E-state index contributed by atoms with van der Waals surface area (Å²) in [6, 6.07) is 1.72. The molecule has 4 nitrogen and oxygen atoms in total. The molecule has 0 amide bonds. The summed E-state index contributed by atoms with van der Waals surface area (Å²) in [7, 11) is 0. The van der Waals surface area contributed by atoms with Crippen molar-refractivity contribution in [3.8, 4) is 0 Å². The summed E-state index contributed by atoms with van der Waals surface area (Å²) in [5.74, 6) is 0. The van der Waals surface area contributed by atoms with E-state index in [1.54, 1.807) is 18.5 Å². The summed E-state index contributed by atoms with van der Waals surface area (Å²) in [5, 5.41) is 0.769. The molecule has 63 valence electrons. The molecule has 0 aliphatic carbocycles. The average Bonchev–Trinajstić information content (AvgIpc) is 2.46. The molecule has 0 atom stereocenters. The van der Waals surface area contributed by atoms with E-state index in [4.69, 9.17) is 5.73 Å². The van der Waals surface area contributed by atoms with Crippen LogP contribution in [0.4, 0.5) is 5.69 Å². The molecule has 3 radical (unpaired) electrons. The number of carbonyl (C=O) groups excluding carboxylic acids is 1. The van der Waals surface area contributed by atoms with E-state index in [0.29, 0.717) is 16.9 Å². The first kappa shape index (κ1) is 9.31. The van der Waals surface area contributed by atoms with Gasteiger partial charge in [-0.3, -0.25) is 4.79 Å². The quantitative estimate of drug-likeness (QED) is 0.488. The van der Waals surface area contributed by atoms with Crippen LogP contribution in [0.15, 0.2) is 18.5 Å². The van der Waals surface area contributed by atoms with Gasteiger partial charge in [0.15, 0.2) is 6.29 Å². The maximum atomic E-state index is 10.5. The van der Waals surface area contributed by atoms with Crippen molar-refractivity contribution in [1.82, 2.24) is 9.97 Å². The summed E-state index contributed by atoms with van der Waals surface area (Å²) in [5.41, 5.74) is 7.35. The van der Waals surface area contributed by atoms with E-state index < -0.39 is 0 Å². The number of hydrogen-bond donors (Lipinski definition) is 2. The first-order valence-corrected chi connectivity index (χ1v) is 3.49. The van der Waals surface area contributed by atoms with Gasteiger partial charge in [0.25, 0.3) is 0 Å². The van der Waals surface area contributed by atoms with Crippen molar-refractivity contribution in [2.75, 3.05) is 5.73 Å². The summed E-state index contributed by atoms with van der Waals surface area (Å²) < 4.78 is 0. The predicted molar refractivity (Wildman–Crippen MR) is 51.6 cm³/mol. The maximum Gasteiger partial charge on any atom is 0.152 e. The van der Waals surface area contributed by atoms with E-state index in [1.165, 1.54) is 0 Å². The zero-order valence-electron chi connectivity index (χ0n) is 6.82. The van der Waals surface area contributed by atoms with Gasteiger partial charge in [0.1, 0.15) is 5.65 Å². The van der Waals surface area contributed by atoms with Gasteiger partial charge in [-0.1, -0.05) is 0 Å². The van der Waals surface area contributed by atoms with Crippen molar-refractivity contribution in [3.63, 3.8) is 0 Å². The first-order chi connectivity index (χ1) is 5.81. The molecule has 0 saturated heterocycles. The van der Waals surface area contributed by atoms with E-state index >= 15 is 0 Å². The average molecular weight is 172 g/mol. The summed E-state index contributed by atoms with van der Waals surface area (Å²) >= 11 is 0. The fraction of sp³-hybridized carbons (Fsp3) is 0. The number of pyridine rings is 1. The van der Waals surface area contributed by atoms with Gasteiger partial charge >= 0.3 is 0 Å². The molecule has 0 spiro atoms. The second kappa shape index (κ2) is 3.31. The van der Waals surface area contributed by atoms with Crippen molar-refractivity contribution in [3.05, 3.63) is 24.0 Å². The molecule has 0 aliphatic heterocycles. The number of aromatic amines is 1. The van der Waals surface area contributed by atoms with Crippen molar-refractivity contribution in [2.45, 2.75) is 0 Å². The number of carbonyl (C=O) groups is 1. The number of anilines is 1. The number of nitrogens with two attached hydrogens (primary N) is 1. The second-order valence-corrected chi connectivity index (χ2v) is 2.53. The molecular formula is C8H7BN3O. The van der Waals surface area contributed by atoms with Crippen LogP contribution in [0.1, 0.15) is 10.4 Å². The zero-order valence-corrected chi connectivity index (χ0v) is 6.82. The van der Waals surface area contributed by atoms with Gasteiger partial charge in [0.2, 0.25) is 0 Å². The standard InChI is InChI=1S/C8H7N3O.B/c9-6-1-7-5(4-12)2-10-8(7)11-3-6;/h1-4H,9H2,(H,10,11);. The molecule has 0 saturated carbocycles. The van der Waals surface area contributed by atoms with Gasteiger partial charge in [0.05, 0.1) is 11.9 Å². The lowest BCUT2D eigenvalue weighted by atomic mass is 10.2. The number of rotatable bonds is 1. The van der Waals surface area contributed by atoms with Crippen LogP contribution in [-0.2, 0) is 0 Å².